The second kappa shape index (κ2) is 16.3. The number of carbonyl (C=O) groups excluding carboxylic acids is 6. The van der Waals surface area contributed by atoms with Crippen molar-refractivity contribution in [3.8, 4) is 0 Å². The van der Waals surface area contributed by atoms with Crippen molar-refractivity contribution in [2.45, 2.75) is 90.8 Å². The molecule has 1 aliphatic heterocycles. The van der Waals surface area contributed by atoms with Gasteiger partial charge >= 0.3 is 18.2 Å². The van der Waals surface area contributed by atoms with Crippen LogP contribution >= 0.6 is 0 Å². The van der Waals surface area contributed by atoms with Crippen molar-refractivity contribution in [3.05, 3.63) is 42.5 Å². The Bertz CT molecular complexity index is 1350. The highest BCUT2D eigenvalue weighted by Crippen LogP contribution is 2.30. The number of ketones is 1. The largest absolute Gasteiger partial charge is 0.466 e. The predicted molar refractivity (Wildman–Crippen MR) is 161 cm³/mol. The summed E-state index contributed by atoms with van der Waals surface area (Å²) in [6.07, 6.45) is -4.21. The third kappa shape index (κ3) is 11.6. The molecular formula is C31H42F3N5O8. The first kappa shape index (κ1) is 38.6. The lowest BCUT2D eigenvalue weighted by molar-refractivity contribution is -0.149. The molecule has 2 heterocycles. The molecule has 0 spiro atoms. The number of amides is 5. The SMILES string of the molecule is C=C=C[C@@H]1C[C@@H](C(=O)NC(CCC(F)(F)F)C(=O)C(N)=O)N(C(=O)[C@@H](NC(=O)N[C@H](C(=O)OCc2ccco2)C(C)C)C(C)(C)C)C1. The number of hydrogen-bond donors (Lipinski definition) is 4. The van der Waals surface area contributed by atoms with Gasteiger partial charge in [0.25, 0.3) is 5.91 Å². The van der Waals surface area contributed by atoms with Crippen molar-refractivity contribution in [2.75, 3.05) is 6.54 Å². The van der Waals surface area contributed by atoms with Crippen LogP contribution in [0.25, 0.3) is 0 Å². The Morgan fingerprint density at radius 1 is 1.15 bits per heavy atom. The normalized spacial score (nSPS) is 18.4. The van der Waals surface area contributed by atoms with Crippen molar-refractivity contribution in [3.63, 3.8) is 0 Å². The van der Waals surface area contributed by atoms with Gasteiger partial charge in [-0.05, 0) is 42.4 Å². The molecule has 0 saturated carbocycles. The summed E-state index contributed by atoms with van der Waals surface area (Å²) < 4.78 is 49.1. The lowest BCUT2D eigenvalue weighted by Gasteiger charge is -2.36. The molecule has 1 aliphatic rings. The standard InChI is InChI=1S/C31H42F3N5O8/c1-7-9-18-14-21(26(42)36-20(23(40)25(35)41)11-12-31(32,33)34)39(15-18)27(43)24(30(4,5)6)38-29(45)37-22(17(2)3)28(44)47-16-19-10-8-13-46-19/h8-10,13,17-18,20-22,24H,1,11-12,14-16H2,2-6H3,(H2,35,41)(H,36,42)(H2,37,38,45)/t18-,20?,21+,22+,24-/m1/s1. The second-order valence-electron chi connectivity index (χ2n) is 12.6. The van der Waals surface area contributed by atoms with Crippen LogP contribution < -0.4 is 21.7 Å². The number of esters is 1. The van der Waals surface area contributed by atoms with Gasteiger partial charge in [-0.1, -0.05) is 41.2 Å². The second-order valence-corrected chi connectivity index (χ2v) is 12.6. The van der Waals surface area contributed by atoms with Crippen LogP contribution in [-0.4, -0.2) is 77.3 Å². The smallest absolute Gasteiger partial charge is 0.389 e. The van der Waals surface area contributed by atoms with Gasteiger partial charge in [-0.15, -0.1) is 5.73 Å². The third-order valence-electron chi connectivity index (χ3n) is 7.40. The van der Waals surface area contributed by atoms with Gasteiger partial charge in [0.2, 0.25) is 17.6 Å². The molecule has 16 heteroatoms. The van der Waals surface area contributed by atoms with Crippen molar-refractivity contribution in [1.29, 1.82) is 0 Å². The van der Waals surface area contributed by atoms with E-state index in [0.29, 0.717) is 5.76 Å². The molecule has 5 atom stereocenters. The van der Waals surface area contributed by atoms with Gasteiger partial charge in [-0.3, -0.25) is 19.2 Å². The molecule has 1 saturated heterocycles. The number of hydrogen-bond acceptors (Lipinski definition) is 8. The topological polar surface area (TPSA) is 190 Å². The number of carbonyl (C=O) groups is 6. The number of nitrogens with two attached hydrogens (primary N) is 1. The molecule has 1 unspecified atom stereocenters. The molecule has 260 valence electrons. The Hall–Kier alpha value is -4.59. The van der Waals surface area contributed by atoms with Crippen LogP contribution in [0.4, 0.5) is 18.0 Å². The molecule has 5 amide bonds. The molecule has 1 fully saturated rings. The monoisotopic (exact) mass is 669 g/mol. The maximum absolute atomic E-state index is 14.0. The maximum atomic E-state index is 14.0. The van der Waals surface area contributed by atoms with E-state index in [1.54, 1.807) is 46.8 Å². The van der Waals surface area contributed by atoms with E-state index in [1.807, 2.05) is 0 Å². The number of furan rings is 1. The summed E-state index contributed by atoms with van der Waals surface area (Å²) in [6.45, 7) is 11.6. The van der Waals surface area contributed by atoms with Crippen LogP contribution in [0.5, 0.6) is 0 Å². The predicted octanol–water partition coefficient (Wildman–Crippen LogP) is 2.50. The molecule has 0 aliphatic carbocycles. The third-order valence-corrected chi connectivity index (χ3v) is 7.40. The number of likely N-dealkylation sites (tertiary alicyclic amines) is 1. The minimum Gasteiger partial charge on any atom is -0.466 e. The maximum Gasteiger partial charge on any atom is 0.389 e. The zero-order valence-corrected chi connectivity index (χ0v) is 26.9. The summed E-state index contributed by atoms with van der Waals surface area (Å²) in [7, 11) is 0. The van der Waals surface area contributed by atoms with Crippen LogP contribution in [0.15, 0.2) is 41.2 Å². The van der Waals surface area contributed by atoms with Crippen LogP contribution in [0.1, 0.15) is 59.6 Å². The molecule has 0 bridgehead atoms. The van der Waals surface area contributed by atoms with E-state index in [4.69, 9.17) is 14.9 Å². The van der Waals surface area contributed by atoms with E-state index in [9.17, 15) is 41.9 Å². The highest BCUT2D eigenvalue weighted by Gasteiger charge is 2.45. The number of nitrogens with zero attached hydrogens (tertiary/aromatic N) is 1. The molecule has 1 aromatic rings. The molecule has 1 aromatic heterocycles. The van der Waals surface area contributed by atoms with Gasteiger partial charge in [0.15, 0.2) is 0 Å². The first-order valence-corrected chi connectivity index (χ1v) is 14.9. The fourth-order valence-corrected chi connectivity index (χ4v) is 4.92. The van der Waals surface area contributed by atoms with Gasteiger partial charge in [-0.25, -0.2) is 9.59 Å². The molecule has 47 heavy (non-hydrogen) atoms. The first-order valence-electron chi connectivity index (χ1n) is 14.9. The number of rotatable bonds is 14. The Labute approximate surface area is 270 Å². The zero-order valence-electron chi connectivity index (χ0n) is 26.9. The lowest BCUT2D eigenvalue weighted by atomic mass is 9.85. The molecule has 0 radical (unpaired) electrons. The van der Waals surface area contributed by atoms with E-state index < -0.39 is 95.9 Å². The van der Waals surface area contributed by atoms with Gasteiger partial charge in [0, 0.05) is 18.9 Å². The van der Waals surface area contributed by atoms with Crippen molar-refractivity contribution < 1.29 is 51.1 Å². The average molecular weight is 670 g/mol. The van der Waals surface area contributed by atoms with Gasteiger partial charge in [-0.2, -0.15) is 13.2 Å². The highest BCUT2D eigenvalue weighted by atomic mass is 19.4. The van der Waals surface area contributed by atoms with Crippen LogP contribution in [-0.2, 0) is 35.3 Å². The molecule has 2 rings (SSSR count). The van der Waals surface area contributed by atoms with Crippen molar-refractivity contribution >= 4 is 35.5 Å². The number of ether oxygens (including phenoxy) is 1. The Kier molecular flexibility index (Phi) is 13.4. The summed E-state index contributed by atoms with van der Waals surface area (Å²) in [5.41, 5.74) is 6.63. The van der Waals surface area contributed by atoms with E-state index in [-0.39, 0.29) is 19.6 Å². The summed E-state index contributed by atoms with van der Waals surface area (Å²) in [6, 6.07) is -3.22. The minimum absolute atomic E-state index is 0.0170. The van der Waals surface area contributed by atoms with Crippen molar-refractivity contribution in [2.24, 2.45) is 23.0 Å². The van der Waals surface area contributed by atoms with Crippen LogP contribution in [0.2, 0.25) is 0 Å². The lowest BCUT2D eigenvalue weighted by Crippen LogP contribution is -2.61. The summed E-state index contributed by atoms with van der Waals surface area (Å²) in [4.78, 5) is 78.3. The summed E-state index contributed by atoms with van der Waals surface area (Å²) in [5.74, 6) is -5.89. The number of Topliss-reactive ketones (excluding diaryl/α,β-unsaturated/α-hetero) is 1. The summed E-state index contributed by atoms with van der Waals surface area (Å²) in [5, 5.41) is 7.27. The van der Waals surface area contributed by atoms with Crippen LogP contribution in [0.3, 0.4) is 0 Å². The minimum atomic E-state index is -4.69. The summed E-state index contributed by atoms with van der Waals surface area (Å²) >= 11 is 0. The number of halogens is 3. The molecule has 5 N–H and O–H groups in total. The van der Waals surface area contributed by atoms with E-state index >= 15 is 0 Å². The van der Waals surface area contributed by atoms with Crippen molar-refractivity contribution in [1.82, 2.24) is 20.9 Å². The zero-order chi connectivity index (χ0) is 35.7. The Morgan fingerprint density at radius 2 is 1.81 bits per heavy atom. The first-order chi connectivity index (χ1) is 21.7. The van der Waals surface area contributed by atoms with E-state index in [2.05, 4.69) is 28.3 Å². The molecular weight excluding hydrogens is 627 g/mol. The number of urea groups is 1. The highest BCUT2D eigenvalue weighted by molar-refractivity contribution is 6.37. The fourth-order valence-electron chi connectivity index (χ4n) is 4.92. The quantitative estimate of drug-likeness (QED) is 0.132. The Balaban J connectivity index is 2.28. The number of alkyl halides is 3. The fraction of sp³-hybridized carbons (Fsp3) is 0.581. The molecule has 13 nitrogen and oxygen atoms in total. The van der Waals surface area contributed by atoms with E-state index in [1.165, 1.54) is 12.3 Å². The van der Waals surface area contributed by atoms with Gasteiger partial charge in [0.05, 0.1) is 12.3 Å². The van der Waals surface area contributed by atoms with E-state index in [0.717, 1.165) is 4.90 Å². The van der Waals surface area contributed by atoms with Crippen LogP contribution in [0, 0.1) is 17.3 Å². The van der Waals surface area contributed by atoms with Gasteiger partial charge in [0.1, 0.15) is 30.5 Å². The molecule has 0 aromatic carbocycles. The average Bonchev–Trinajstić information content (AvgIpc) is 3.64. The number of nitrogens with one attached hydrogen (secondary N) is 3. The number of primary amides is 1. The van der Waals surface area contributed by atoms with Gasteiger partial charge < -0.3 is 35.7 Å². The Morgan fingerprint density at radius 3 is 2.32 bits per heavy atom.